The van der Waals surface area contributed by atoms with Gasteiger partial charge in [0.2, 0.25) is 0 Å². The van der Waals surface area contributed by atoms with Crippen molar-refractivity contribution >= 4 is 34.1 Å². The molecule has 1 saturated carbocycles. The molecule has 1 aliphatic rings. The van der Waals surface area contributed by atoms with E-state index >= 15 is 0 Å². The Morgan fingerprint density at radius 3 is 2.30 bits per heavy atom. The zero-order valence-electron chi connectivity index (χ0n) is 20.4. The largest absolute Gasteiger partial charge is 0.339 e. The number of carbonyl (C=O) groups excluding carboxylic acids is 2. The van der Waals surface area contributed by atoms with Crippen LogP contribution in [-0.2, 0) is 17.8 Å². The number of carbonyl (C=O) groups is 2. The highest BCUT2D eigenvalue weighted by molar-refractivity contribution is 6.30. The summed E-state index contributed by atoms with van der Waals surface area (Å²) in [5.41, 5.74) is 4.67. The monoisotopic (exact) mass is 463 g/mol. The van der Waals surface area contributed by atoms with E-state index in [1.54, 1.807) is 6.92 Å². The molecule has 1 aromatic heterocycles. The molecule has 0 unspecified atom stereocenters. The van der Waals surface area contributed by atoms with E-state index in [-0.39, 0.29) is 17.5 Å². The van der Waals surface area contributed by atoms with Gasteiger partial charge in [-0.05, 0) is 61.1 Å². The predicted molar refractivity (Wildman–Crippen MR) is 136 cm³/mol. The van der Waals surface area contributed by atoms with Gasteiger partial charge in [-0.15, -0.1) is 0 Å². The summed E-state index contributed by atoms with van der Waals surface area (Å²) >= 11 is 6.12. The molecule has 4 rings (SSSR count). The molecule has 1 fully saturated rings. The van der Waals surface area contributed by atoms with Crippen LogP contribution >= 0.6 is 11.6 Å². The maximum atomic E-state index is 13.8. The van der Waals surface area contributed by atoms with Gasteiger partial charge in [0.15, 0.2) is 5.78 Å². The summed E-state index contributed by atoms with van der Waals surface area (Å²) in [6, 6.07) is 14.4. The Labute approximate surface area is 202 Å². The van der Waals surface area contributed by atoms with E-state index in [1.807, 2.05) is 38.1 Å². The number of ketones is 2. The van der Waals surface area contributed by atoms with Crippen molar-refractivity contribution in [2.24, 2.45) is 11.3 Å². The minimum Gasteiger partial charge on any atom is -0.339 e. The number of hydrogen-bond acceptors (Lipinski definition) is 2. The first-order chi connectivity index (χ1) is 15.6. The summed E-state index contributed by atoms with van der Waals surface area (Å²) in [5, 5.41) is 1.73. The highest BCUT2D eigenvalue weighted by Gasteiger charge is 2.35. The number of aromatic nitrogens is 1. The van der Waals surface area contributed by atoms with Gasteiger partial charge in [-0.2, -0.15) is 0 Å². The Balaban J connectivity index is 1.97. The average molecular weight is 464 g/mol. The Morgan fingerprint density at radius 1 is 1.09 bits per heavy atom. The zero-order valence-corrected chi connectivity index (χ0v) is 21.1. The summed E-state index contributed by atoms with van der Waals surface area (Å²) in [6.07, 6.45) is 3.57. The van der Waals surface area contributed by atoms with E-state index in [2.05, 4.69) is 36.6 Å². The van der Waals surface area contributed by atoms with Gasteiger partial charge in [0.1, 0.15) is 5.78 Å². The minimum absolute atomic E-state index is 0.0986. The summed E-state index contributed by atoms with van der Waals surface area (Å²) in [5.74, 6) is 0.853. The minimum atomic E-state index is -0.554. The molecule has 1 aliphatic carbocycles. The van der Waals surface area contributed by atoms with Crippen molar-refractivity contribution in [2.45, 2.75) is 72.8 Å². The van der Waals surface area contributed by atoms with E-state index in [9.17, 15) is 9.59 Å². The molecule has 0 amide bonds. The van der Waals surface area contributed by atoms with Gasteiger partial charge in [0.25, 0.3) is 0 Å². The van der Waals surface area contributed by atoms with Gasteiger partial charge >= 0.3 is 0 Å². The number of benzene rings is 2. The van der Waals surface area contributed by atoms with Crippen molar-refractivity contribution in [2.75, 3.05) is 0 Å². The third-order valence-electron chi connectivity index (χ3n) is 7.40. The number of halogens is 1. The van der Waals surface area contributed by atoms with Crippen molar-refractivity contribution in [3.05, 3.63) is 69.9 Å². The lowest BCUT2D eigenvalue weighted by molar-refractivity contribution is -0.124. The molecule has 0 spiro atoms. The van der Waals surface area contributed by atoms with Crippen LogP contribution in [0.25, 0.3) is 10.9 Å². The zero-order chi connectivity index (χ0) is 23.9. The molecule has 3 aromatic rings. The quantitative estimate of drug-likeness (QED) is 0.322. The average Bonchev–Trinajstić information content (AvgIpc) is 3.00. The maximum absolute atomic E-state index is 13.8. The maximum Gasteiger partial charge on any atom is 0.168 e. The van der Waals surface area contributed by atoms with Crippen LogP contribution in [0.5, 0.6) is 0 Å². The van der Waals surface area contributed by atoms with Crippen LogP contribution in [0.15, 0.2) is 42.5 Å². The normalized spacial score (nSPS) is 14.6. The topological polar surface area (TPSA) is 39.1 Å². The van der Waals surface area contributed by atoms with Crippen molar-refractivity contribution in [1.29, 1.82) is 0 Å². The van der Waals surface area contributed by atoms with Gasteiger partial charge in [-0.3, -0.25) is 9.59 Å². The summed E-state index contributed by atoms with van der Waals surface area (Å²) in [7, 11) is 0. The number of rotatable bonds is 8. The van der Waals surface area contributed by atoms with Gasteiger partial charge in [-0.25, -0.2) is 0 Å². The molecule has 0 radical (unpaired) electrons. The third kappa shape index (κ3) is 4.66. The second-order valence-corrected chi connectivity index (χ2v) is 11.0. The summed E-state index contributed by atoms with van der Waals surface area (Å²) < 4.78 is 2.26. The van der Waals surface area contributed by atoms with Crippen molar-refractivity contribution in [3.8, 4) is 0 Å². The number of nitrogens with zero attached hydrogens (tertiary/aromatic N) is 1. The van der Waals surface area contributed by atoms with E-state index < -0.39 is 5.41 Å². The van der Waals surface area contributed by atoms with Crippen LogP contribution in [0.4, 0.5) is 0 Å². The van der Waals surface area contributed by atoms with Crippen LogP contribution < -0.4 is 0 Å². The first-order valence-electron chi connectivity index (χ1n) is 12.0. The van der Waals surface area contributed by atoms with Crippen LogP contribution in [0, 0.1) is 11.3 Å². The standard InChI is InChI=1S/C29H34ClNO2/c1-18(2)22-11-14-25-24(15-22)27(28(33)21-7-6-8-21)26(16-29(4,5)19(3)32)31(25)17-20-9-12-23(30)13-10-20/h9-15,18,21H,6-8,16-17H2,1-5H3. The smallest absolute Gasteiger partial charge is 0.168 e. The molecule has 0 atom stereocenters. The first kappa shape index (κ1) is 23.8. The Bertz CT molecular complexity index is 1200. The van der Waals surface area contributed by atoms with E-state index in [1.165, 1.54) is 5.56 Å². The lowest BCUT2D eigenvalue weighted by Crippen LogP contribution is -2.28. The third-order valence-corrected chi connectivity index (χ3v) is 7.65. The first-order valence-corrected chi connectivity index (χ1v) is 12.4. The highest BCUT2D eigenvalue weighted by Crippen LogP contribution is 2.39. The van der Waals surface area contributed by atoms with E-state index in [4.69, 9.17) is 11.6 Å². The van der Waals surface area contributed by atoms with Crippen LogP contribution in [0.3, 0.4) is 0 Å². The Morgan fingerprint density at radius 2 is 1.76 bits per heavy atom. The Hall–Kier alpha value is -2.39. The molecule has 0 aliphatic heterocycles. The molecule has 0 bridgehead atoms. The molecule has 3 nitrogen and oxygen atoms in total. The molecule has 0 N–H and O–H groups in total. The van der Waals surface area contributed by atoms with Crippen molar-refractivity contribution < 1.29 is 9.59 Å². The number of fused-ring (bicyclic) bond motifs is 1. The van der Waals surface area contributed by atoms with Crippen LogP contribution in [0.2, 0.25) is 5.02 Å². The fourth-order valence-electron chi connectivity index (χ4n) is 4.61. The van der Waals surface area contributed by atoms with Gasteiger partial charge in [-0.1, -0.05) is 63.9 Å². The summed E-state index contributed by atoms with van der Waals surface area (Å²) in [6.45, 7) is 10.6. The van der Waals surface area contributed by atoms with Crippen LogP contribution in [0.1, 0.15) is 87.0 Å². The molecule has 4 heteroatoms. The lowest BCUT2D eigenvalue weighted by Gasteiger charge is -2.27. The fraction of sp³-hybridized carbons (Fsp3) is 0.448. The lowest BCUT2D eigenvalue weighted by atomic mass is 9.77. The molecular formula is C29H34ClNO2. The highest BCUT2D eigenvalue weighted by atomic mass is 35.5. The molecule has 33 heavy (non-hydrogen) atoms. The second kappa shape index (κ2) is 9.10. The predicted octanol–water partition coefficient (Wildman–Crippen LogP) is 7.61. The molecule has 2 aromatic carbocycles. The molecular weight excluding hydrogens is 430 g/mol. The second-order valence-electron chi connectivity index (χ2n) is 10.6. The molecule has 1 heterocycles. The molecule has 0 saturated heterocycles. The Kier molecular flexibility index (Phi) is 6.55. The molecule has 174 valence electrons. The van der Waals surface area contributed by atoms with E-state index in [0.717, 1.165) is 47.0 Å². The van der Waals surface area contributed by atoms with Gasteiger partial charge < -0.3 is 4.57 Å². The van der Waals surface area contributed by atoms with Crippen molar-refractivity contribution in [1.82, 2.24) is 4.57 Å². The fourth-order valence-corrected chi connectivity index (χ4v) is 4.74. The van der Waals surface area contributed by atoms with Crippen molar-refractivity contribution in [3.63, 3.8) is 0 Å². The summed E-state index contributed by atoms with van der Waals surface area (Å²) in [4.78, 5) is 26.3. The van der Waals surface area contributed by atoms with Gasteiger partial charge in [0.05, 0.1) is 0 Å². The van der Waals surface area contributed by atoms with E-state index in [0.29, 0.717) is 23.9 Å². The van der Waals surface area contributed by atoms with Gasteiger partial charge in [0, 0.05) is 51.5 Å². The van der Waals surface area contributed by atoms with Crippen LogP contribution in [-0.4, -0.2) is 16.1 Å². The SMILES string of the molecule is CC(=O)C(C)(C)Cc1c(C(=O)C2CCC2)c2cc(C(C)C)ccc2n1Cc1ccc(Cl)cc1. The number of Topliss-reactive ketones (excluding diaryl/α,β-unsaturated/α-hetero) is 2. The number of hydrogen-bond donors (Lipinski definition) is 0.